The van der Waals surface area contributed by atoms with Crippen LogP contribution in [0.25, 0.3) is 0 Å². The molecule has 2 rings (SSSR count). The Balaban J connectivity index is 2.04. The van der Waals surface area contributed by atoms with E-state index in [4.69, 9.17) is 5.73 Å². The van der Waals surface area contributed by atoms with Crippen LogP contribution in [0.2, 0.25) is 0 Å². The average Bonchev–Trinajstić information content (AvgIpc) is 2.69. The van der Waals surface area contributed by atoms with Crippen LogP contribution in [0.1, 0.15) is 46.5 Å². The van der Waals surface area contributed by atoms with E-state index in [2.05, 4.69) is 25.7 Å². The van der Waals surface area contributed by atoms with Crippen LogP contribution >= 0.6 is 0 Å². The lowest BCUT2D eigenvalue weighted by Crippen LogP contribution is -2.44. The largest absolute Gasteiger partial charge is 0.329 e. The standard InChI is InChI=1S/C13H26N2/c1-10-7-13(2,3)8-12(10)15-6-4-5-11(15)9-14/h10-12H,4-9,14H2,1-3H3. The van der Waals surface area contributed by atoms with Crippen molar-refractivity contribution in [3.05, 3.63) is 0 Å². The van der Waals surface area contributed by atoms with E-state index >= 15 is 0 Å². The fourth-order valence-corrected chi connectivity index (χ4v) is 3.85. The number of hydrogen-bond acceptors (Lipinski definition) is 2. The van der Waals surface area contributed by atoms with Crippen molar-refractivity contribution < 1.29 is 0 Å². The number of hydrogen-bond donors (Lipinski definition) is 1. The van der Waals surface area contributed by atoms with Crippen molar-refractivity contribution in [2.45, 2.75) is 58.5 Å². The molecular formula is C13H26N2. The van der Waals surface area contributed by atoms with Gasteiger partial charge in [-0.1, -0.05) is 20.8 Å². The van der Waals surface area contributed by atoms with Gasteiger partial charge in [-0.3, -0.25) is 4.90 Å². The summed E-state index contributed by atoms with van der Waals surface area (Å²) in [6, 6.07) is 1.47. The Morgan fingerprint density at radius 3 is 2.60 bits per heavy atom. The Kier molecular flexibility index (Phi) is 3.09. The molecule has 1 heterocycles. The summed E-state index contributed by atoms with van der Waals surface area (Å²) in [7, 11) is 0. The number of likely N-dealkylation sites (tertiary alicyclic amines) is 1. The van der Waals surface area contributed by atoms with Crippen LogP contribution < -0.4 is 5.73 Å². The molecule has 0 bridgehead atoms. The van der Waals surface area contributed by atoms with Gasteiger partial charge in [-0.2, -0.15) is 0 Å². The van der Waals surface area contributed by atoms with E-state index in [1.807, 2.05) is 0 Å². The smallest absolute Gasteiger partial charge is 0.0221 e. The van der Waals surface area contributed by atoms with E-state index in [1.165, 1.54) is 32.2 Å². The highest BCUT2D eigenvalue weighted by molar-refractivity contribution is 4.96. The molecule has 0 spiro atoms. The fraction of sp³-hybridized carbons (Fsp3) is 1.00. The molecule has 88 valence electrons. The molecule has 2 N–H and O–H groups in total. The molecule has 2 aliphatic rings. The third-order valence-corrected chi connectivity index (χ3v) is 4.41. The molecule has 3 atom stereocenters. The zero-order valence-electron chi connectivity index (χ0n) is 10.5. The normalized spacial score (nSPS) is 41.2. The van der Waals surface area contributed by atoms with Crippen molar-refractivity contribution in [2.75, 3.05) is 13.1 Å². The fourth-order valence-electron chi connectivity index (χ4n) is 3.85. The summed E-state index contributed by atoms with van der Waals surface area (Å²) < 4.78 is 0. The molecule has 0 aromatic rings. The second-order valence-corrected chi connectivity index (χ2v) is 6.39. The maximum atomic E-state index is 5.86. The van der Waals surface area contributed by atoms with Gasteiger partial charge in [-0.05, 0) is 43.6 Å². The summed E-state index contributed by atoms with van der Waals surface area (Å²) in [5, 5.41) is 0. The second kappa shape index (κ2) is 4.06. The number of rotatable bonds is 2. The van der Waals surface area contributed by atoms with Gasteiger partial charge in [-0.25, -0.2) is 0 Å². The topological polar surface area (TPSA) is 29.3 Å². The predicted molar refractivity (Wildman–Crippen MR) is 64.7 cm³/mol. The Morgan fingerprint density at radius 1 is 1.33 bits per heavy atom. The van der Waals surface area contributed by atoms with E-state index in [0.717, 1.165) is 18.5 Å². The van der Waals surface area contributed by atoms with Gasteiger partial charge in [0.2, 0.25) is 0 Å². The van der Waals surface area contributed by atoms with Crippen molar-refractivity contribution in [1.82, 2.24) is 4.90 Å². The van der Waals surface area contributed by atoms with Gasteiger partial charge in [0.25, 0.3) is 0 Å². The van der Waals surface area contributed by atoms with Crippen LogP contribution in [0.15, 0.2) is 0 Å². The van der Waals surface area contributed by atoms with Crippen LogP contribution in [-0.2, 0) is 0 Å². The minimum Gasteiger partial charge on any atom is -0.329 e. The molecule has 1 aliphatic heterocycles. The molecule has 1 saturated carbocycles. The molecule has 0 amide bonds. The molecule has 3 unspecified atom stereocenters. The van der Waals surface area contributed by atoms with Crippen LogP contribution in [0.5, 0.6) is 0 Å². The highest BCUT2D eigenvalue weighted by Crippen LogP contribution is 2.44. The number of nitrogens with two attached hydrogens (primary N) is 1. The predicted octanol–water partition coefficient (Wildman–Crippen LogP) is 2.23. The van der Waals surface area contributed by atoms with Gasteiger partial charge in [0, 0.05) is 18.6 Å². The Labute approximate surface area is 94.2 Å². The molecular weight excluding hydrogens is 184 g/mol. The van der Waals surface area contributed by atoms with Crippen LogP contribution in [-0.4, -0.2) is 30.1 Å². The van der Waals surface area contributed by atoms with Crippen LogP contribution in [0.4, 0.5) is 0 Å². The van der Waals surface area contributed by atoms with E-state index in [1.54, 1.807) is 0 Å². The zero-order chi connectivity index (χ0) is 11.1. The number of nitrogens with zero attached hydrogens (tertiary/aromatic N) is 1. The van der Waals surface area contributed by atoms with E-state index in [9.17, 15) is 0 Å². The molecule has 0 aromatic carbocycles. The SMILES string of the molecule is CC1CC(C)(C)CC1N1CCCC1CN. The summed E-state index contributed by atoms with van der Waals surface area (Å²) in [5.74, 6) is 0.854. The summed E-state index contributed by atoms with van der Waals surface area (Å²) in [5.41, 5.74) is 6.41. The first-order valence-corrected chi connectivity index (χ1v) is 6.49. The van der Waals surface area contributed by atoms with Crippen LogP contribution in [0, 0.1) is 11.3 Å². The molecule has 2 nitrogen and oxygen atoms in total. The van der Waals surface area contributed by atoms with Crippen molar-refractivity contribution >= 4 is 0 Å². The molecule has 0 aromatic heterocycles. The van der Waals surface area contributed by atoms with Crippen molar-refractivity contribution in [2.24, 2.45) is 17.1 Å². The summed E-state index contributed by atoms with van der Waals surface area (Å²) >= 11 is 0. The monoisotopic (exact) mass is 210 g/mol. The summed E-state index contributed by atoms with van der Waals surface area (Å²) in [6.45, 7) is 9.38. The first kappa shape index (κ1) is 11.4. The molecule has 2 fully saturated rings. The first-order valence-electron chi connectivity index (χ1n) is 6.49. The first-order chi connectivity index (χ1) is 7.03. The maximum Gasteiger partial charge on any atom is 0.0221 e. The summed E-state index contributed by atoms with van der Waals surface area (Å²) in [4.78, 5) is 2.71. The van der Waals surface area contributed by atoms with Gasteiger partial charge < -0.3 is 5.73 Å². The average molecular weight is 210 g/mol. The van der Waals surface area contributed by atoms with Crippen molar-refractivity contribution in [3.63, 3.8) is 0 Å². The second-order valence-electron chi connectivity index (χ2n) is 6.39. The van der Waals surface area contributed by atoms with Gasteiger partial charge in [-0.15, -0.1) is 0 Å². The lowest BCUT2D eigenvalue weighted by atomic mass is 9.91. The molecule has 1 aliphatic carbocycles. The maximum absolute atomic E-state index is 5.86. The third-order valence-electron chi connectivity index (χ3n) is 4.41. The minimum absolute atomic E-state index is 0.547. The van der Waals surface area contributed by atoms with Gasteiger partial charge in [0.05, 0.1) is 0 Å². The lowest BCUT2D eigenvalue weighted by molar-refractivity contribution is 0.150. The third kappa shape index (κ3) is 2.21. The molecule has 15 heavy (non-hydrogen) atoms. The molecule has 2 heteroatoms. The van der Waals surface area contributed by atoms with E-state index in [0.29, 0.717) is 11.5 Å². The highest BCUT2D eigenvalue weighted by Gasteiger charge is 2.42. The van der Waals surface area contributed by atoms with Crippen molar-refractivity contribution in [1.29, 1.82) is 0 Å². The zero-order valence-corrected chi connectivity index (χ0v) is 10.5. The highest BCUT2D eigenvalue weighted by atomic mass is 15.2. The Morgan fingerprint density at radius 2 is 2.07 bits per heavy atom. The van der Waals surface area contributed by atoms with Gasteiger partial charge in [0.1, 0.15) is 0 Å². The lowest BCUT2D eigenvalue weighted by Gasteiger charge is -2.33. The Bertz CT molecular complexity index is 225. The van der Waals surface area contributed by atoms with E-state index < -0.39 is 0 Å². The van der Waals surface area contributed by atoms with Crippen LogP contribution in [0.3, 0.4) is 0 Å². The van der Waals surface area contributed by atoms with Gasteiger partial charge in [0.15, 0.2) is 0 Å². The van der Waals surface area contributed by atoms with Gasteiger partial charge >= 0.3 is 0 Å². The Hall–Kier alpha value is -0.0800. The van der Waals surface area contributed by atoms with E-state index in [-0.39, 0.29) is 0 Å². The summed E-state index contributed by atoms with van der Waals surface area (Å²) in [6.07, 6.45) is 5.42. The van der Waals surface area contributed by atoms with Crippen molar-refractivity contribution in [3.8, 4) is 0 Å². The minimum atomic E-state index is 0.547. The quantitative estimate of drug-likeness (QED) is 0.757. The molecule has 1 saturated heterocycles. The molecule has 0 radical (unpaired) electrons.